The van der Waals surface area contributed by atoms with Gasteiger partial charge in [-0.15, -0.1) is 11.3 Å². The van der Waals surface area contributed by atoms with Gasteiger partial charge in [-0.1, -0.05) is 48.0 Å². The molecule has 30 heavy (non-hydrogen) atoms. The largest absolute Gasteiger partial charge is 0.329 e. The topological polar surface area (TPSA) is 46.9 Å². The second kappa shape index (κ2) is 6.67. The highest BCUT2D eigenvalue weighted by Crippen LogP contribution is 2.46. The first-order valence-electron chi connectivity index (χ1n) is 10.3. The highest BCUT2D eigenvalue weighted by Gasteiger charge is 2.39. The van der Waals surface area contributed by atoms with Crippen molar-refractivity contribution in [3.8, 4) is 0 Å². The normalized spacial score (nSPS) is 20.8. The highest BCUT2D eigenvalue weighted by atomic mass is 32.1. The second-order valence-corrected chi connectivity index (χ2v) is 9.15. The number of Topliss-reactive ketones (excluding diaryl/α,β-unsaturated/α-hetero) is 1. The van der Waals surface area contributed by atoms with Gasteiger partial charge in [-0.2, -0.15) is 0 Å². The molecule has 0 fully saturated rings. The Morgan fingerprint density at radius 2 is 1.87 bits per heavy atom. The average molecular weight is 412 g/mol. The summed E-state index contributed by atoms with van der Waals surface area (Å²) < 4.78 is 2.20. The maximum absolute atomic E-state index is 13.5. The molecule has 1 aliphatic carbocycles. The van der Waals surface area contributed by atoms with Crippen LogP contribution in [0.4, 0.5) is 5.95 Å². The van der Waals surface area contributed by atoms with E-state index in [0.29, 0.717) is 6.42 Å². The number of carbonyl (C=O) groups excluding carboxylic acids is 1. The van der Waals surface area contributed by atoms with Gasteiger partial charge in [0.15, 0.2) is 5.78 Å². The molecule has 148 valence electrons. The van der Waals surface area contributed by atoms with Crippen LogP contribution in [-0.2, 0) is 4.79 Å². The van der Waals surface area contributed by atoms with Crippen LogP contribution in [-0.4, -0.2) is 15.3 Å². The van der Waals surface area contributed by atoms with Crippen LogP contribution in [0, 0.1) is 6.92 Å². The summed E-state index contributed by atoms with van der Waals surface area (Å²) in [5, 5.41) is 5.62. The van der Waals surface area contributed by atoms with Crippen LogP contribution in [0.5, 0.6) is 0 Å². The predicted octanol–water partition coefficient (Wildman–Crippen LogP) is 5.82. The molecule has 0 radical (unpaired) electrons. The highest BCUT2D eigenvalue weighted by molar-refractivity contribution is 7.10. The average Bonchev–Trinajstić information content (AvgIpc) is 3.40. The molecule has 0 amide bonds. The van der Waals surface area contributed by atoms with Crippen molar-refractivity contribution >= 4 is 34.1 Å². The number of allylic oxidation sites excluding steroid dienone is 2. The molecule has 4 nitrogen and oxygen atoms in total. The molecule has 2 aromatic heterocycles. The Morgan fingerprint density at radius 1 is 1.03 bits per heavy atom. The zero-order chi connectivity index (χ0) is 20.2. The van der Waals surface area contributed by atoms with E-state index in [1.165, 1.54) is 16.0 Å². The summed E-state index contributed by atoms with van der Waals surface area (Å²) in [6, 6.07) is 20.8. The van der Waals surface area contributed by atoms with Gasteiger partial charge in [0.2, 0.25) is 5.95 Å². The lowest BCUT2D eigenvalue weighted by atomic mass is 9.78. The molecule has 2 aliphatic rings. The number of imidazole rings is 1. The van der Waals surface area contributed by atoms with Crippen LogP contribution in [0.3, 0.4) is 0 Å². The molecule has 0 saturated heterocycles. The van der Waals surface area contributed by atoms with Crippen molar-refractivity contribution in [3.63, 3.8) is 0 Å². The van der Waals surface area contributed by atoms with Gasteiger partial charge in [0.1, 0.15) is 6.04 Å². The zero-order valence-corrected chi connectivity index (χ0v) is 17.4. The number of rotatable bonds is 2. The monoisotopic (exact) mass is 411 g/mol. The fraction of sp³-hybridized carbons (Fsp3) is 0.200. The number of nitrogens with one attached hydrogen (secondary N) is 1. The summed E-state index contributed by atoms with van der Waals surface area (Å²) in [6.45, 7) is 2.09. The molecular formula is C25H21N3OS. The van der Waals surface area contributed by atoms with Crippen molar-refractivity contribution in [2.24, 2.45) is 0 Å². The standard InChI is InChI=1S/C25H21N3OS/c1-15-8-10-16(11-9-15)17-13-19-23(21(29)14-17)24(22-7-4-12-30-22)28-20-6-3-2-5-18(20)26-25(28)27-19/h2-12,17,24H,13-14H2,1H3,(H,26,27)/t17-,24+/m0/s1. The number of aryl methyl sites for hydroxylation is 1. The first-order chi connectivity index (χ1) is 14.7. The van der Waals surface area contributed by atoms with Crippen molar-refractivity contribution < 1.29 is 4.79 Å². The minimum atomic E-state index is -0.116. The Kier molecular flexibility index (Phi) is 3.93. The number of hydrogen-bond acceptors (Lipinski definition) is 4. The van der Waals surface area contributed by atoms with Gasteiger partial charge in [-0.3, -0.25) is 9.36 Å². The van der Waals surface area contributed by atoms with Gasteiger partial charge in [-0.05, 0) is 48.4 Å². The SMILES string of the molecule is Cc1ccc([C@@H]2CC(=O)C3=C(C2)Nc2nc4ccccc4n2[C@@H]3c2cccs2)cc1. The van der Waals surface area contributed by atoms with Gasteiger partial charge in [0.05, 0.1) is 11.0 Å². The van der Waals surface area contributed by atoms with Gasteiger partial charge < -0.3 is 5.32 Å². The molecule has 2 aromatic carbocycles. The molecule has 1 aliphatic heterocycles. The molecule has 0 spiro atoms. The third-order valence-electron chi connectivity index (χ3n) is 6.26. The number of hydrogen-bond donors (Lipinski definition) is 1. The Bertz CT molecular complexity index is 1300. The van der Waals surface area contributed by atoms with E-state index >= 15 is 0 Å². The summed E-state index contributed by atoms with van der Waals surface area (Å²) in [7, 11) is 0. The van der Waals surface area contributed by atoms with E-state index < -0.39 is 0 Å². The molecule has 4 aromatic rings. The van der Waals surface area contributed by atoms with Crippen LogP contribution in [0.2, 0.25) is 0 Å². The van der Waals surface area contributed by atoms with Crippen molar-refractivity contribution in [3.05, 3.63) is 93.3 Å². The van der Waals surface area contributed by atoms with Crippen LogP contribution >= 0.6 is 11.3 Å². The fourth-order valence-electron chi connectivity index (χ4n) is 4.82. The molecule has 0 bridgehead atoms. The first kappa shape index (κ1) is 17.7. The van der Waals surface area contributed by atoms with Crippen molar-refractivity contribution in [1.29, 1.82) is 0 Å². The molecule has 0 saturated carbocycles. The Labute approximate surface area is 178 Å². The molecule has 3 heterocycles. The van der Waals surface area contributed by atoms with Crippen molar-refractivity contribution in [1.82, 2.24) is 9.55 Å². The summed E-state index contributed by atoms with van der Waals surface area (Å²) in [5.74, 6) is 1.26. The maximum Gasteiger partial charge on any atom is 0.209 e. The maximum atomic E-state index is 13.5. The van der Waals surface area contributed by atoms with Gasteiger partial charge in [-0.25, -0.2) is 4.98 Å². The fourth-order valence-corrected chi connectivity index (χ4v) is 5.64. The number of aromatic nitrogens is 2. The van der Waals surface area contributed by atoms with Crippen molar-refractivity contribution in [2.45, 2.75) is 31.7 Å². The van der Waals surface area contributed by atoms with E-state index in [9.17, 15) is 4.79 Å². The molecule has 5 heteroatoms. The number of thiophene rings is 1. The molecular weight excluding hydrogens is 390 g/mol. The lowest BCUT2D eigenvalue weighted by Crippen LogP contribution is -2.32. The van der Waals surface area contributed by atoms with Gasteiger partial charge >= 0.3 is 0 Å². The summed E-state index contributed by atoms with van der Waals surface area (Å²) in [6.07, 6.45) is 1.38. The third-order valence-corrected chi connectivity index (χ3v) is 7.18. The number of fused-ring (bicyclic) bond motifs is 3. The quantitative estimate of drug-likeness (QED) is 0.452. The third kappa shape index (κ3) is 2.66. The van der Waals surface area contributed by atoms with Crippen LogP contribution in [0.1, 0.15) is 40.8 Å². The molecule has 6 rings (SSSR count). The number of carbonyl (C=O) groups is 1. The zero-order valence-electron chi connectivity index (χ0n) is 16.6. The number of anilines is 1. The van der Waals surface area contributed by atoms with E-state index in [-0.39, 0.29) is 17.7 Å². The predicted molar refractivity (Wildman–Crippen MR) is 121 cm³/mol. The summed E-state index contributed by atoms with van der Waals surface area (Å²) >= 11 is 1.70. The summed E-state index contributed by atoms with van der Waals surface area (Å²) in [5.41, 5.74) is 6.40. The van der Waals surface area contributed by atoms with Gasteiger partial charge in [0.25, 0.3) is 0 Å². The Hall–Kier alpha value is -3.18. The molecule has 1 N–H and O–H groups in total. The number of benzene rings is 2. The second-order valence-electron chi connectivity index (χ2n) is 8.17. The van der Waals surface area contributed by atoms with E-state index in [4.69, 9.17) is 4.98 Å². The van der Waals surface area contributed by atoms with E-state index in [1.54, 1.807) is 11.3 Å². The Balaban J connectivity index is 1.50. The number of ketones is 1. The minimum absolute atomic E-state index is 0.116. The number of nitrogens with zero attached hydrogens (tertiary/aromatic N) is 2. The lowest BCUT2D eigenvalue weighted by Gasteiger charge is -2.36. The summed E-state index contributed by atoms with van der Waals surface area (Å²) in [4.78, 5) is 19.6. The molecule has 2 atom stereocenters. The smallest absolute Gasteiger partial charge is 0.209 e. The van der Waals surface area contributed by atoms with Crippen molar-refractivity contribution in [2.75, 3.05) is 5.32 Å². The van der Waals surface area contributed by atoms with Gasteiger partial charge in [0, 0.05) is 22.6 Å². The lowest BCUT2D eigenvalue weighted by molar-refractivity contribution is -0.116. The first-order valence-corrected chi connectivity index (χ1v) is 11.2. The number of para-hydroxylation sites is 2. The molecule has 0 unspecified atom stereocenters. The minimum Gasteiger partial charge on any atom is -0.329 e. The van der Waals surface area contributed by atoms with Crippen LogP contribution < -0.4 is 5.32 Å². The van der Waals surface area contributed by atoms with Crippen LogP contribution in [0.25, 0.3) is 11.0 Å². The van der Waals surface area contributed by atoms with E-state index in [1.807, 2.05) is 18.2 Å². The van der Waals surface area contributed by atoms with E-state index in [0.717, 1.165) is 34.7 Å². The Morgan fingerprint density at radius 3 is 2.67 bits per heavy atom. The van der Waals surface area contributed by atoms with E-state index in [2.05, 4.69) is 64.7 Å². The van der Waals surface area contributed by atoms with Crippen LogP contribution in [0.15, 0.2) is 77.3 Å².